The average molecular weight is 146 g/mol. The van der Waals surface area contributed by atoms with Crippen LogP contribution in [0.4, 0.5) is 0 Å². The lowest BCUT2D eigenvalue weighted by Crippen LogP contribution is -2.34. The van der Waals surface area contributed by atoms with Gasteiger partial charge in [-0.05, 0) is 19.9 Å². The third kappa shape index (κ3) is 6.01. The summed E-state index contributed by atoms with van der Waals surface area (Å²) in [5.74, 6) is 0. The topological polar surface area (TPSA) is 47.3 Å². The van der Waals surface area contributed by atoms with E-state index in [1.807, 2.05) is 0 Å². The van der Waals surface area contributed by atoms with Crippen LogP contribution in [-0.4, -0.2) is 32.8 Å². The van der Waals surface area contributed by atoms with Gasteiger partial charge < -0.3 is 15.8 Å². The van der Waals surface area contributed by atoms with E-state index in [2.05, 4.69) is 12.2 Å². The molecule has 0 aromatic heterocycles. The molecule has 0 heterocycles. The first-order valence-electron chi connectivity index (χ1n) is 3.73. The monoisotopic (exact) mass is 146 g/mol. The van der Waals surface area contributed by atoms with Crippen molar-refractivity contribution in [2.24, 2.45) is 5.73 Å². The van der Waals surface area contributed by atoms with Gasteiger partial charge in [-0.1, -0.05) is 0 Å². The number of methoxy groups -OCH3 is 1. The van der Waals surface area contributed by atoms with E-state index in [9.17, 15) is 0 Å². The van der Waals surface area contributed by atoms with Crippen molar-refractivity contribution in [2.75, 3.05) is 26.8 Å². The fraction of sp³-hybridized carbons (Fsp3) is 1.00. The highest BCUT2D eigenvalue weighted by Crippen LogP contribution is 1.80. The van der Waals surface area contributed by atoms with Crippen LogP contribution in [0.1, 0.15) is 13.3 Å². The van der Waals surface area contributed by atoms with E-state index < -0.39 is 0 Å². The zero-order valence-corrected chi connectivity index (χ0v) is 6.89. The maximum atomic E-state index is 5.39. The Morgan fingerprint density at radius 1 is 1.60 bits per heavy atom. The van der Waals surface area contributed by atoms with Crippen LogP contribution in [0.3, 0.4) is 0 Å². The highest BCUT2D eigenvalue weighted by Gasteiger charge is 1.94. The van der Waals surface area contributed by atoms with Gasteiger partial charge in [0.25, 0.3) is 0 Å². The molecule has 0 aromatic rings. The minimum Gasteiger partial charge on any atom is -0.385 e. The number of rotatable bonds is 6. The molecule has 3 nitrogen and oxygen atoms in total. The van der Waals surface area contributed by atoms with Crippen LogP contribution in [0.2, 0.25) is 0 Å². The Bertz CT molecular complexity index is 68.6. The van der Waals surface area contributed by atoms with Crippen molar-refractivity contribution >= 4 is 0 Å². The summed E-state index contributed by atoms with van der Waals surface area (Å²) in [4.78, 5) is 0. The second kappa shape index (κ2) is 6.99. The van der Waals surface area contributed by atoms with Gasteiger partial charge in [0.15, 0.2) is 0 Å². The van der Waals surface area contributed by atoms with Crippen LogP contribution in [0.25, 0.3) is 0 Å². The van der Waals surface area contributed by atoms with E-state index in [1.165, 1.54) is 0 Å². The molecule has 3 N–H and O–H groups in total. The van der Waals surface area contributed by atoms with Crippen molar-refractivity contribution < 1.29 is 4.74 Å². The molecule has 0 radical (unpaired) electrons. The third-order valence-electron chi connectivity index (χ3n) is 1.37. The Hall–Kier alpha value is -0.120. The number of nitrogens with one attached hydrogen (secondary N) is 1. The third-order valence-corrected chi connectivity index (χ3v) is 1.37. The quantitative estimate of drug-likeness (QED) is 0.517. The van der Waals surface area contributed by atoms with Crippen LogP contribution >= 0.6 is 0 Å². The zero-order valence-electron chi connectivity index (χ0n) is 6.89. The molecular formula is C7H18N2O. The molecule has 0 aromatic carbocycles. The van der Waals surface area contributed by atoms with Gasteiger partial charge in [-0.25, -0.2) is 0 Å². The minimum absolute atomic E-state index is 0.428. The summed E-state index contributed by atoms with van der Waals surface area (Å²) in [6.45, 7) is 4.59. The van der Waals surface area contributed by atoms with Gasteiger partial charge in [0, 0.05) is 26.3 Å². The van der Waals surface area contributed by atoms with E-state index in [0.717, 1.165) is 19.6 Å². The molecule has 0 bridgehead atoms. The highest BCUT2D eigenvalue weighted by molar-refractivity contribution is 4.59. The first kappa shape index (κ1) is 9.88. The predicted octanol–water partition coefficient (Wildman–Crippen LogP) is -0.0403. The molecule has 0 saturated carbocycles. The molecule has 0 fully saturated rings. The zero-order chi connectivity index (χ0) is 7.82. The highest BCUT2D eigenvalue weighted by atomic mass is 16.5. The van der Waals surface area contributed by atoms with E-state index in [4.69, 9.17) is 10.5 Å². The van der Waals surface area contributed by atoms with Crippen molar-refractivity contribution in [2.45, 2.75) is 19.4 Å². The van der Waals surface area contributed by atoms with Crippen molar-refractivity contribution in [3.63, 3.8) is 0 Å². The molecule has 0 amide bonds. The smallest absolute Gasteiger partial charge is 0.0474 e. The average Bonchev–Trinajstić information content (AvgIpc) is 1.98. The molecule has 0 aliphatic carbocycles. The number of hydrogen-bond donors (Lipinski definition) is 2. The summed E-state index contributed by atoms with van der Waals surface area (Å²) >= 11 is 0. The first-order chi connectivity index (χ1) is 4.81. The lowest BCUT2D eigenvalue weighted by Gasteiger charge is -2.09. The molecule has 1 unspecified atom stereocenters. The summed E-state index contributed by atoms with van der Waals surface area (Å²) in [6, 6.07) is 0.428. The van der Waals surface area contributed by atoms with Crippen molar-refractivity contribution in [1.82, 2.24) is 5.32 Å². The maximum absolute atomic E-state index is 5.39. The molecule has 0 aliphatic rings. The molecule has 0 aliphatic heterocycles. The van der Waals surface area contributed by atoms with Crippen LogP contribution in [0, 0.1) is 0 Å². The van der Waals surface area contributed by atoms with Crippen LogP contribution in [0.15, 0.2) is 0 Å². The van der Waals surface area contributed by atoms with Gasteiger partial charge in [0.1, 0.15) is 0 Å². The Morgan fingerprint density at radius 2 is 2.30 bits per heavy atom. The van der Waals surface area contributed by atoms with E-state index in [0.29, 0.717) is 12.6 Å². The van der Waals surface area contributed by atoms with Gasteiger partial charge in [0.05, 0.1) is 0 Å². The summed E-state index contributed by atoms with van der Waals surface area (Å²) in [7, 11) is 1.71. The Balaban J connectivity index is 2.89. The molecule has 1 atom stereocenters. The number of hydrogen-bond acceptors (Lipinski definition) is 3. The molecule has 0 rings (SSSR count). The summed E-state index contributed by atoms with van der Waals surface area (Å²) < 4.78 is 4.89. The van der Waals surface area contributed by atoms with E-state index >= 15 is 0 Å². The lowest BCUT2D eigenvalue weighted by molar-refractivity contribution is 0.193. The number of nitrogens with two attached hydrogens (primary N) is 1. The maximum Gasteiger partial charge on any atom is 0.0474 e. The predicted molar refractivity (Wildman–Crippen MR) is 43.0 cm³/mol. The lowest BCUT2D eigenvalue weighted by atomic mass is 10.3. The summed E-state index contributed by atoms with van der Waals surface area (Å²) in [5, 5.41) is 3.26. The van der Waals surface area contributed by atoms with Crippen molar-refractivity contribution in [3.8, 4) is 0 Å². The summed E-state index contributed by atoms with van der Waals surface area (Å²) in [6.07, 6.45) is 1.06. The second-order valence-corrected chi connectivity index (χ2v) is 2.44. The molecule has 62 valence electrons. The van der Waals surface area contributed by atoms with Gasteiger partial charge in [0.2, 0.25) is 0 Å². The van der Waals surface area contributed by atoms with Gasteiger partial charge in [-0.2, -0.15) is 0 Å². The van der Waals surface area contributed by atoms with Gasteiger partial charge in [-0.3, -0.25) is 0 Å². The van der Waals surface area contributed by atoms with Crippen LogP contribution < -0.4 is 11.1 Å². The SMILES string of the molecule is COCCCNC(C)CN. The Kier molecular flexibility index (Phi) is 6.91. The van der Waals surface area contributed by atoms with Crippen molar-refractivity contribution in [3.05, 3.63) is 0 Å². The molecule has 3 heteroatoms. The van der Waals surface area contributed by atoms with E-state index in [1.54, 1.807) is 7.11 Å². The molecular weight excluding hydrogens is 128 g/mol. The van der Waals surface area contributed by atoms with E-state index in [-0.39, 0.29) is 0 Å². The standard InChI is InChI=1S/C7H18N2O/c1-7(6-8)9-4-3-5-10-2/h7,9H,3-6,8H2,1-2H3. The van der Waals surface area contributed by atoms with Crippen LogP contribution in [-0.2, 0) is 4.74 Å². The summed E-state index contributed by atoms with van der Waals surface area (Å²) in [5.41, 5.74) is 5.39. The van der Waals surface area contributed by atoms with Crippen molar-refractivity contribution in [1.29, 1.82) is 0 Å². The van der Waals surface area contributed by atoms with Crippen LogP contribution in [0.5, 0.6) is 0 Å². The molecule has 0 saturated heterocycles. The first-order valence-corrected chi connectivity index (χ1v) is 3.73. The van der Waals surface area contributed by atoms with Gasteiger partial charge >= 0.3 is 0 Å². The fourth-order valence-electron chi connectivity index (χ4n) is 0.648. The second-order valence-electron chi connectivity index (χ2n) is 2.44. The number of ether oxygens (including phenoxy) is 1. The normalized spacial score (nSPS) is 13.5. The fourth-order valence-corrected chi connectivity index (χ4v) is 0.648. The minimum atomic E-state index is 0.428. The molecule has 10 heavy (non-hydrogen) atoms. The molecule has 0 spiro atoms. The van der Waals surface area contributed by atoms with Gasteiger partial charge in [-0.15, -0.1) is 0 Å². The largest absolute Gasteiger partial charge is 0.385 e. The Labute approximate surface area is 62.9 Å². The Morgan fingerprint density at radius 3 is 2.80 bits per heavy atom.